The standard InChI is InChI=1S/C31H49NO/c1-19(2)21-11-14-31(18-32)16-15-29(7)22(25(21)31)9-10-24-28(6)17-20(3)26(33)27(4,5)23(28)12-13-30(24,29)8/h19-25H,9-17H2,1-8H3/t20-,21-,22-,23-,24+,25-,28-,29-,30+,31+/m1/s1. The molecular formula is C31H49NO. The first-order valence-corrected chi connectivity index (χ1v) is 14.2. The normalized spacial score (nSPS) is 55.2. The number of carbonyl (C=O) groups excluding carboxylic acids is 1. The summed E-state index contributed by atoms with van der Waals surface area (Å²) in [5.74, 6) is 4.59. The number of nitriles is 1. The zero-order chi connectivity index (χ0) is 24.2. The van der Waals surface area contributed by atoms with Gasteiger partial charge in [-0.2, -0.15) is 5.26 Å². The SMILES string of the molecule is CC(C)[C@H]1CC[C@@]2(C#N)CC[C@]3(C)[C@H](CC[C@H]4[C@]5(C)C[C@@H](C)C(=O)C(C)(C)[C@H]5CC[C@@]43C)[C@@H]12. The molecule has 0 heterocycles. The molecule has 0 saturated heterocycles. The van der Waals surface area contributed by atoms with E-state index in [-0.39, 0.29) is 22.2 Å². The molecule has 184 valence electrons. The minimum Gasteiger partial charge on any atom is -0.299 e. The Balaban J connectivity index is 1.57. The van der Waals surface area contributed by atoms with Crippen LogP contribution in [-0.2, 0) is 4.79 Å². The fraction of sp³-hybridized carbons (Fsp3) is 0.935. The number of ketones is 1. The van der Waals surface area contributed by atoms with E-state index in [1.54, 1.807) is 0 Å². The highest BCUT2D eigenvalue weighted by molar-refractivity contribution is 5.87. The van der Waals surface area contributed by atoms with Crippen molar-refractivity contribution in [3.8, 4) is 6.07 Å². The summed E-state index contributed by atoms with van der Waals surface area (Å²) in [4.78, 5) is 13.2. The van der Waals surface area contributed by atoms with Gasteiger partial charge in [0.1, 0.15) is 5.78 Å². The Morgan fingerprint density at radius 3 is 2.21 bits per heavy atom. The van der Waals surface area contributed by atoms with Crippen molar-refractivity contribution in [2.75, 3.05) is 0 Å². The first kappa shape index (κ1) is 23.9. The van der Waals surface area contributed by atoms with E-state index in [0.29, 0.717) is 52.1 Å². The fourth-order valence-electron chi connectivity index (χ4n) is 12.0. The van der Waals surface area contributed by atoms with Gasteiger partial charge < -0.3 is 0 Å². The van der Waals surface area contributed by atoms with Crippen molar-refractivity contribution in [3.05, 3.63) is 0 Å². The quantitative estimate of drug-likeness (QED) is 0.404. The van der Waals surface area contributed by atoms with Crippen LogP contribution in [0, 0.1) is 79.8 Å². The Morgan fingerprint density at radius 1 is 0.879 bits per heavy atom. The molecule has 10 atom stereocenters. The Morgan fingerprint density at radius 2 is 1.58 bits per heavy atom. The van der Waals surface area contributed by atoms with Crippen LogP contribution in [0.1, 0.15) is 113 Å². The van der Waals surface area contributed by atoms with E-state index in [9.17, 15) is 10.1 Å². The van der Waals surface area contributed by atoms with Crippen molar-refractivity contribution in [2.45, 2.75) is 113 Å². The fourth-order valence-corrected chi connectivity index (χ4v) is 12.0. The van der Waals surface area contributed by atoms with Crippen molar-refractivity contribution >= 4 is 5.78 Å². The highest BCUT2D eigenvalue weighted by atomic mass is 16.1. The molecule has 33 heavy (non-hydrogen) atoms. The summed E-state index contributed by atoms with van der Waals surface area (Å²) in [6, 6.07) is 2.94. The lowest BCUT2D eigenvalue weighted by Gasteiger charge is -2.72. The highest BCUT2D eigenvalue weighted by Gasteiger charge is 2.71. The van der Waals surface area contributed by atoms with Crippen molar-refractivity contribution < 1.29 is 4.79 Å². The summed E-state index contributed by atoms with van der Waals surface area (Å²) < 4.78 is 0. The van der Waals surface area contributed by atoms with E-state index in [0.717, 1.165) is 19.3 Å². The second-order valence-corrected chi connectivity index (χ2v) is 15.1. The van der Waals surface area contributed by atoms with Gasteiger partial charge in [-0.15, -0.1) is 0 Å². The second-order valence-electron chi connectivity index (χ2n) is 15.1. The third-order valence-electron chi connectivity index (χ3n) is 13.5. The topological polar surface area (TPSA) is 40.9 Å². The Hall–Kier alpha value is -0.840. The van der Waals surface area contributed by atoms with Gasteiger partial charge in [-0.1, -0.05) is 55.4 Å². The van der Waals surface area contributed by atoms with Gasteiger partial charge in [-0.25, -0.2) is 0 Å². The summed E-state index contributed by atoms with van der Waals surface area (Å²) in [7, 11) is 0. The van der Waals surface area contributed by atoms with Crippen molar-refractivity contribution in [1.29, 1.82) is 5.26 Å². The molecule has 0 amide bonds. The number of nitrogens with zero attached hydrogens (tertiary/aromatic N) is 1. The molecule has 5 saturated carbocycles. The lowest BCUT2D eigenvalue weighted by Crippen LogP contribution is -2.67. The maximum atomic E-state index is 13.2. The van der Waals surface area contributed by atoms with Crippen LogP contribution in [0.3, 0.4) is 0 Å². The van der Waals surface area contributed by atoms with E-state index >= 15 is 0 Å². The molecule has 0 bridgehead atoms. The molecular weight excluding hydrogens is 402 g/mol. The third-order valence-corrected chi connectivity index (χ3v) is 13.5. The van der Waals surface area contributed by atoms with Gasteiger partial charge in [0, 0.05) is 11.3 Å². The van der Waals surface area contributed by atoms with Crippen LogP contribution in [-0.4, -0.2) is 5.78 Å². The molecule has 5 fully saturated rings. The predicted molar refractivity (Wildman–Crippen MR) is 134 cm³/mol. The Labute approximate surface area is 203 Å². The van der Waals surface area contributed by atoms with Crippen LogP contribution >= 0.6 is 0 Å². The maximum Gasteiger partial charge on any atom is 0.141 e. The first-order valence-electron chi connectivity index (χ1n) is 14.2. The largest absolute Gasteiger partial charge is 0.299 e. The molecule has 0 radical (unpaired) electrons. The monoisotopic (exact) mass is 451 g/mol. The Kier molecular flexibility index (Phi) is 5.14. The van der Waals surface area contributed by atoms with Gasteiger partial charge in [0.25, 0.3) is 0 Å². The number of rotatable bonds is 1. The van der Waals surface area contributed by atoms with Crippen LogP contribution in [0.15, 0.2) is 0 Å². The average molecular weight is 452 g/mol. The molecule has 0 aromatic carbocycles. The van der Waals surface area contributed by atoms with Gasteiger partial charge in [-0.3, -0.25) is 4.79 Å². The number of fused-ring (bicyclic) bond motifs is 7. The van der Waals surface area contributed by atoms with Crippen LogP contribution in [0.2, 0.25) is 0 Å². The second kappa shape index (κ2) is 7.11. The minimum atomic E-state index is -0.192. The highest BCUT2D eigenvalue weighted by Crippen LogP contribution is 2.77. The van der Waals surface area contributed by atoms with Gasteiger partial charge in [-0.05, 0) is 110 Å². The van der Waals surface area contributed by atoms with Crippen LogP contribution in [0.5, 0.6) is 0 Å². The molecule has 0 aromatic rings. The molecule has 5 aliphatic carbocycles. The molecule has 2 nitrogen and oxygen atoms in total. The molecule has 0 unspecified atom stereocenters. The number of hydrogen-bond donors (Lipinski definition) is 0. The summed E-state index contributed by atoms with van der Waals surface area (Å²) in [5.41, 5.74) is 0.651. The lowest BCUT2D eigenvalue weighted by atomic mass is 9.32. The summed E-state index contributed by atoms with van der Waals surface area (Å²) in [6.07, 6.45) is 10.9. The van der Waals surface area contributed by atoms with Gasteiger partial charge in [0.2, 0.25) is 0 Å². The van der Waals surface area contributed by atoms with Gasteiger partial charge in [0.05, 0.1) is 11.5 Å². The average Bonchev–Trinajstić information content (AvgIpc) is 3.13. The molecule has 0 aromatic heterocycles. The molecule has 0 aliphatic heterocycles. The van der Waals surface area contributed by atoms with Crippen molar-refractivity contribution in [1.82, 2.24) is 0 Å². The summed E-state index contributed by atoms with van der Waals surface area (Å²) in [6.45, 7) is 19.5. The van der Waals surface area contributed by atoms with Crippen molar-refractivity contribution in [2.24, 2.45) is 68.5 Å². The molecule has 0 spiro atoms. The third kappa shape index (κ3) is 2.75. The van der Waals surface area contributed by atoms with Crippen LogP contribution in [0.4, 0.5) is 0 Å². The van der Waals surface area contributed by atoms with Crippen LogP contribution < -0.4 is 0 Å². The van der Waals surface area contributed by atoms with Gasteiger partial charge >= 0.3 is 0 Å². The zero-order valence-electron chi connectivity index (χ0n) is 22.8. The Bertz CT molecular complexity index is 882. The first-order chi connectivity index (χ1) is 15.3. The lowest BCUT2D eigenvalue weighted by molar-refractivity contribution is -0.235. The van der Waals surface area contributed by atoms with E-state index in [2.05, 4.69) is 61.5 Å². The van der Waals surface area contributed by atoms with Gasteiger partial charge in [0.15, 0.2) is 0 Å². The number of Topliss-reactive ketones (excluding diaryl/α,β-unsaturated/α-hetero) is 1. The van der Waals surface area contributed by atoms with E-state index in [1.165, 1.54) is 38.5 Å². The van der Waals surface area contributed by atoms with E-state index in [4.69, 9.17) is 0 Å². The van der Waals surface area contributed by atoms with Crippen LogP contribution in [0.25, 0.3) is 0 Å². The number of hydrogen-bond acceptors (Lipinski definition) is 2. The molecule has 5 aliphatic rings. The summed E-state index contributed by atoms with van der Waals surface area (Å²) in [5, 5.41) is 10.4. The van der Waals surface area contributed by atoms with E-state index in [1.807, 2.05) is 0 Å². The van der Waals surface area contributed by atoms with E-state index < -0.39 is 0 Å². The maximum absolute atomic E-state index is 13.2. The molecule has 2 heteroatoms. The predicted octanol–water partition coefficient (Wildman–Crippen LogP) is 8.06. The van der Waals surface area contributed by atoms with Crippen molar-refractivity contribution in [3.63, 3.8) is 0 Å². The zero-order valence-corrected chi connectivity index (χ0v) is 22.8. The molecule has 0 N–H and O–H groups in total. The molecule has 5 rings (SSSR count). The summed E-state index contributed by atoms with van der Waals surface area (Å²) >= 11 is 0. The smallest absolute Gasteiger partial charge is 0.141 e. The minimum absolute atomic E-state index is 0.0584. The number of carbonyl (C=O) groups is 1.